The highest BCUT2D eigenvalue weighted by Gasteiger charge is 2.17. The summed E-state index contributed by atoms with van der Waals surface area (Å²) in [5.74, 6) is -1.00. The average molecular weight is 321 g/mol. The number of aryl methyl sites for hydroxylation is 1. The first-order valence-electron chi connectivity index (χ1n) is 6.55. The molecule has 0 aliphatic carbocycles. The number of ether oxygens (including phenoxy) is 1. The first-order valence-corrected chi connectivity index (χ1v) is 7.33. The summed E-state index contributed by atoms with van der Waals surface area (Å²) in [6.07, 6.45) is 0. The molecule has 0 saturated carbocycles. The van der Waals surface area contributed by atoms with E-state index >= 15 is 0 Å². The van der Waals surface area contributed by atoms with Crippen LogP contribution in [-0.2, 0) is 11.3 Å². The quantitative estimate of drug-likeness (QED) is 0.783. The molecule has 3 rings (SSSR count). The molecular weight excluding hydrogens is 308 g/mol. The third-order valence-corrected chi connectivity index (χ3v) is 3.92. The predicted octanol–water partition coefficient (Wildman–Crippen LogP) is 4.17. The van der Waals surface area contributed by atoms with Gasteiger partial charge in [0.05, 0.1) is 22.7 Å². The number of anilines is 2. The highest BCUT2D eigenvalue weighted by atomic mass is 32.1. The molecule has 7 heteroatoms. The van der Waals surface area contributed by atoms with Crippen LogP contribution in [0.15, 0.2) is 24.3 Å². The Labute approximate surface area is 129 Å². The van der Waals surface area contributed by atoms with E-state index in [-0.39, 0.29) is 23.5 Å². The minimum absolute atomic E-state index is 0.157. The fraction of sp³-hybridized carbons (Fsp3) is 0.200. The maximum Gasteiger partial charge on any atom is 0.176 e. The van der Waals surface area contributed by atoms with Gasteiger partial charge in [0, 0.05) is 12.7 Å². The van der Waals surface area contributed by atoms with E-state index in [1.165, 1.54) is 13.2 Å². The molecule has 22 heavy (non-hydrogen) atoms. The highest BCUT2D eigenvalue weighted by molar-refractivity contribution is 7.12. The third-order valence-electron chi connectivity index (χ3n) is 3.25. The molecule has 0 bridgehead atoms. The number of methoxy groups -OCH3 is 1. The van der Waals surface area contributed by atoms with Crippen molar-refractivity contribution in [3.63, 3.8) is 0 Å². The van der Waals surface area contributed by atoms with E-state index in [9.17, 15) is 8.78 Å². The Kier molecular flexibility index (Phi) is 4.00. The number of nitrogens with zero attached hydrogens (tertiary/aromatic N) is 2. The van der Waals surface area contributed by atoms with Gasteiger partial charge in [0.1, 0.15) is 11.3 Å². The maximum absolute atomic E-state index is 14.6. The van der Waals surface area contributed by atoms with Crippen LogP contribution >= 0.6 is 11.5 Å². The topological polar surface area (TPSA) is 47.0 Å². The van der Waals surface area contributed by atoms with Crippen LogP contribution in [0.4, 0.5) is 20.2 Å². The molecule has 1 N–H and O–H groups in total. The Balaban J connectivity index is 2.11. The van der Waals surface area contributed by atoms with Crippen molar-refractivity contribution in [2.75, 3.05) is 12.4 Å². The Bertz CT molecular complexity index is 835. The second-order valence-electron chi connectivity index (χ2n) is 4.89. The van der Waals surface area contributed by atoms with Crippen LogP contribution in [0.5, 0.6) is 0 Å². The van der Waals surface area contributed by atoms with Crippen LogP contribution in [-0.4, -0.2) is 16.7 Å². The molecule has 0 saturated heterocycles. The van der Waals surface area contributed by atoms with Crippen LogP contribution in [0.25, 0.3) is 10.2 Å². The molecule has 4 nitrogen and oxygen atoms in total. The van der Waals surface area contributed by atoms with Gasteiger partial charge in [-0.15, -0.1) is 5.10 Å². The fourth-order valence-electron chi connectivity index (χ4n) is 2.19. The number of benzene rings is 2. The van der Waals surface area contributed by atoms with Crippen LogP contribution in [0, 0.1) is 18.6 Å². The summed E-state index contributed by atoms with van der Waals surface area (Å²) >= 11 is 1.10. The van der Waals surface area contributed by atoms with E-state index in [1.807, 2.05) is 0 Å². The van der Waals surface area contributed by atoms with Gasteiger partial charge in [-0.3, -0.25) is 0 Å². The Morgan fingerprint density at radius 2 is 2.09 bits per heavy atom. The normalized spacial score (nSPS) is 11.1. The molecule has 0 aliphatic rings. The summed E-state index contributed by atoms with van der Waals surface area (Å²) in [5, 5.41) is 6.59. The number of hydrogen-bond donors (Lipinski definition) is 1. The predicted molar refractivity (Wildman–Crippen MR) is 82.5 cm³/mol. The van der Waals surface area contributed by atoms with Gasteiger partial charge in [0.25, 0.3) is 0 Å². The summed E-state index contributed by atoms with van der Waals surface area (Å²) < 4.78 is 38.1. The summed E-state index contributed by atoms with van der Waals surface area (Å²) in [6, 6.07) is 6.46. The third kappa shape index (κ3) is 2.65. The highest BCUT2D eigenvalue weighted by Crippen LogP contribution is 2.32. The SMILES string of the molecule is COCc1cc2snnc2c(F)c1Nc1ccc(C)cc1F. The Hall–Kier alpha value is -2.12. The van der Waals surface area contributed by atoms with Crippen molar-refractivity contribution >= 4 is 33.1 Å². The molecule has 0 atom stereocenters. The molecular formula is C15H13F2N3OS. The van der Waals surface area contributed by atoms with E-state index in [1.54, 1.807) is 25.1 Å². The van der Waals surface area contributed by atoms with E-state index < -0.39 is 11.6 Å². The average Bonchev–Trinajstić information content (AvgIpc) is 2.94. The molecule has 114 valence electrons. The first-order chi connectivity index (χ1) is 10.6. The summed E-state index contributed by atoms with van der Waals surface area (Å²) in [6.45, 7) is 1.98. The van der Waals surface area contributed by atoms with Gasteiger partial charge in [0.15, 0.2) is 5.82 Å². The summed E-state index contributed by atoms with van der Waals surface area (Å²) in [5.41, 5.74) is 1.90. The number of nitrogens with one attached hydrogen (secondary N) is 1. The second-order valence-corrected chi connectivity index (χ2v) is 5.67. The van der Waals surface area contributed by atoms with Gasteiger partial charge in [-0.1, -0.05) is 10.6 Å². The minimum atomic E-state index is -0.557. The van der Waals surface area contributed by atoms with Gasteiger partial charge in [-0.2, -0.15) is 0 Å². The van der Waals surface area contributed by atoms with E-state index in [0.29, 0.717) is 10.3 Å². The molecule has 0 amide bonds. The van der Waals surface area contributed by atoms with E-state index in [4.69, 9.17) is 4.74 Å². The molecule has 0 radical (unpaired) electrons. The zero-order valence-electron chi connectivity index (χ0n) is 12.0. The van der Waals surface area contributed by atoms with Crippen LogP contribution in [0.2, 0.25) is 0 Å². The van der Waals surface area contributed by atoms with Gasteiger partial charge in [-0.05, 0) is 42.2 Å². The number of fused-ring (bicyclic) bond motifs is 1. The standard InChI is InChI=1S/C15H13F2N3OS/c1-8-3-4-11(10(16)5-8)18-14-9(7-21-2)6-12-15(13(14)17)19-20-22-12/h3-6,18H,7H2,1-2H3. The first kappa shape index (κ1) is 14.8. The smallest absolute Gasteiger partial charge is 0.176 e. The number of aromatic nitrogens is 2. The van der Waals surface area contributed by atoms with Crippen molar-refractivity contribution < 1.29 is 13.5 Å². The number of rotatable bonds is 4. The molecule has 0 spiro atoms. The lowest BCUT2D eigenvalue weighted by atomic mass is 10.1. The molecule has 1 aromatic heterocycles. The van der Waals surface area contributed by atoms with Gasteiger partial charge in [0.2, 0.25) is 0 Å². The maximum atomic E-state index is 14.6. The molecule has 0 aliphatic heterocycles. The molecule has 1 heterocycles. The van der Waals surface area contributed by atoms with Gasteiger partial charge >= 0.3 is 0 Å². The van der Waals surface area contributed by atoms with Crippen molar-refractivity contribution in [1.29, 1.82) is 0 Å². The lowest BCUT2D eigenvalue weighted by molar-refractivity contribution is 0.185. The summed E-state index contributed by atoms with van der Waals surface area (Å²) in [4.78, 5) is 0. The van der Waals surface area contributed by atoms with Crippen LogP contribution in [0.3, 0.4) is 0 Å². The summed E-state index contributed by atoms with van der Waals surface area (Å²) in [7, 11) is 1.52. The molecule has 0 unspecified atom stereocenters. The molecule has 0 fully saturated rings. The van der Waals surface area contributed by atoms with E-state index in [2.05, 4.69) is 14.9 Å². The minimum Gasteiger partial charge on any atom is -0.380 e. The number of hydrogen-bond acceptors (Lipinski definition) is 5. The van der Waals surface area contributed by atoms with Crippen molar-refractivity contribution in [3.05, 3.63) is 47.0 Å². The lowest BCUT2D eigenvalue weighted by Crippen LogP contribution is -2.03. The Morgan fingerprint density at radius 1 is 1.27 bits per heavy atom. The molecule has 2 aromatic carbocycles. The monoisotopic (exact) mass is 321 g/mol. The van der Waals surface area contributed by atoms with Crippen LogP contribution in [0.1, 0.15) is 11.1 Å². The lowest BCUT2D eigenvalue weighted by Gasteiger charge is -2.14. The largest absolute Gasteiger partial charge is 0.380 e. The molecule has 3 aromatic rings. The van der Waals surface area contributed by atoms with Crippen molar-refractivity contribution in [2.45, 2.75) is 13.5 Å². The van der Waals surface area contributed by atoms with Crippen molar-refractivity contribution in [2.24, 2.45) is 0 Å². The van der Waals surface area contributed by atoms with Crippen molar-refractivity contribution in [1.82, 2.24) is 9.59 Å². The zero-order chi connectivity index (χ0) is 15.7. The Morgan fingerprint density at radius 3 is 2.82 bits per heavy atom. The number of halogens is 2. The van der Waals surface area contributed by atoms with Gasteiger partial charge in [-0.25, -0.2) is 8.78 Å². The fourth-order valence-corrected chi connectivity index (χ4v) is 2.82. The van der Waals surface area contributed by atoms with Gasteiger partial charge < -0.3 is 10.1 Å². The zero-order valence-corrected chi connectivity index (χ0v) is 12.8. The van der Waals surface area contributed by atoms with E-state index in [0.717, 1.165) is 17.1 Å². The van der Waals surface area contributed by atoms with Crippen molar-refractivity contribution in [3.8, 4) is 0 Å². The van der Waals surface area contributed by atoms with Crippen LogP contribution < -0.4 is 5.32 Å². The second kappa shape index (κ2) is 5.94.